The first-order valence-corrected chi connectivity index (χ1v) is 8.44. The molecule has 1 fully saturated rings. The molecule has 0 saturated carbocycles. The molecule has 2 aliphatic heterocycles. The zero-order valence-electron chi connectivity index (χ0n) is 14.3. The van der Waals surface area contributed by atoms with Gasteiger partial charge in [-0.05, 0) is 38.3 Å². The number of allylic oxidation sites excluding steroid dienone is 2. The Balaban J connectivity index is 0.000000196. The zero-order chi connectivity index (χ0) is 18.1. The second-order valence-corrected chi connectivity index (χ2v) is 5.70. The molecule has 138 valence electrons. The molecular weight excluding hydrogens is 330 g/mol. The molecule has 2 aliphatic rings. The third-order valence-electron chi connectivity index (χ3n) is 3.87. The molecule has 0 aromatic carbocycles. The monoisotopic (exact) mass is 354 g/mol. The Hall–Kier alpha value is -2.15. The van der Waals surface area contributed by atoms with Gasteiger partial charge in [0.05, 0.1) is 12.2 Å². The standard InChI is InChI=1S/C11H15F2NO.C7H9NO2/c12-11(13)9-4-3-6-14(8-9)10-5-1-2-7-15-10;1-2-10-7(9)6-3-4-8-5-6/h3-4,6,10-11H,1-2,5,7-8H2;3-5,8H,2H2,1H3. The van der Waals surface area contributed by atoms with Crippen LogP contribution in [0.2, 0.25) is 0 Å². The van der Waals surface area contributed by atoms with Crippen LogP contribution in [0.1, 0.15) is 36.5 Å². The first-order valence-electron chi connectivity index (χ1n) is 8.44. The van der Waals surface area contributed by atoms with Crippen LogP contribution in [0.3, 0.4) is 0 Å². The van der Waals surface area contributed by atoms with Crippen molar-refractivity contribution in [1.29, 1.82) is 0 Å². The van der Waals surface area contributed by atoms with E-state index in [0.29, 0.717) is 18.7 Å². The van der Waals surface area contributed by atoms with Crippen LogP contribution in [0.15, 0.2) is 42.4 Å². The maximum Gasteiger partial charge on any atom is 0.339 e. The van der Waals surface area contributed by atoms with Crippen molar-refractivity contribution in [3.05, 3.63) is 47.9 Å². The number of nitrogens with one attached hydrogen (secondary N) is 1. The second-order valence-electron chi connectivity index (χ2n) is 5.70. The Labute approximate surface area is 146 Å². The van der Waals surface area contributed by atoms with Gasteiger partial charge in [-0.3, -0.25) is 0 Å². The molecular formula is C18H24F2N2O3. The van der Waals surface area contributed by atoms with E-state index in [0.717, 1.165) is 25.9 Å². The highest BCUT2D eigenvalue weighted by molar-refractivity contribution is 5.89. The van der Waals surface area contributed by atoms with Crippen LogP contribution in [0.5, 0.6) is 0 Å². The maximum atomic E-state index is 12.5. The Morgan fingerprint density at radius 1 is 1.48 bits per heavy atom. The van der Waals surface area contributed by atoms with Crippen LogP contribution in [-0.4, -0.2) is 48.3 Å². The first-order chi connectivity index (χ1) is 12.1. The van der Waals surface area contributed by atoms with Gasteiger partial charge in [-0.25, -0.2) is 13.6 Å². The second kappa shape index (κ2) is 9.98. The first kappa shape index (κ1) is 19.2. The number of hydrogen-bond acceptors (Lipinski definition) is 4. The molecule has 3 rings (SSSR count). The van der Waals surface area contributed by atoms with Gasteiger partial charge in [0.1, 0.15) is 6.23 Å². The highest BCUT2D eigenvalue weighted by atomic mass is 19.3. The summed E-state index contributed by atoms with van der Waals surface area (Å²) in [5.41, 5.74) is 0.744. The van der Waals surface area contributed by atoms with E-state index in [9.17, 15) is 13.6 Å². The minimum atomic E-state index is -2.36. The number of H-pyrrole nitrogens is 1. The van der Waals surface area contributed by atoms with Crippen molar-refractivity contribution >= 4 is 5.97 Å². The predicted octanol–water partition coefficient (Wildman–Crippen LogP) is 3.73. The van der Waals surface area contributed by atoms with Crippen LogP contribution in [-0.2, 0) is 9.47 Å². The lowest BCUT2D eigenvalue weighted by molar-refractivity contribution is -0.0644. The van der Waals surface area contributed by atoms with Gasteiger partial charge in [0.15, 0.2) is 0 Å². The molecule has 1 unspecified atom stereocenters. The lowest BCUT2D eigenvalue weighted by atomic mass is 10.1. The molecule has 0 amide bonds. The van der Waals surface area contributed by atoms with E-state index < -0.39 is 6.43 Å². The van der Waals surface area contributed by atoms with E-state index in [1.54, 1.807) is 31.5 Å². The number of hydrogen-bond donors (Lipinski definition) is 1. The fourth-order valence-corrected chi connectivity index (χ4v) is 2.58. The average molecular weight is 354 g/mol. The largest absolute Gasteiger partial charge is 0.462 e. The van der Waals surface area contributed by atoms with E-state index in [-0.39, 0.29) is 17.8 Å². The molecule has 1 aromatic heterocycles. The van der Waals surface area contributed by atoms with Crippen molar-refractivity contribution in [2.24, 2.45) is 0 Å². The minimum absolute atomic E-state index is 0.0163. The SMILES string of the molecule is CCOC(=O)c1cc[nH]c1.FC(F)C1=CC=CN(C2CCCCO2)C1. The summed E-state index contributed by atoms with van der Waals surface area (Å²) >= 11 is 0. The fourth-order valence-electron chi connectivity index (χ4n) is 2.58. The lowest BCUT2D eigenvalue weighted by Gasteiger charge is -2.35. The van der Waals surface area contributed by atoms with E-state index in [2.05, 4.69) is 4.98 Å². The summed E-state index contributed by atoms with van der Waals surface area (Å²) in [5.74, 6) is -0.274. The number of carbonyl (C=O) groups excluding carboxylic acids is 1. The normalized spacial score (nSPS) is 19.9. The van der Waals surface area contributed by atoms with Gasteiger partial charge in [-0.1, -0.05) is 6.08 Å². The maximum absolute atomic E-state index is 12.5. The summed E-state index contributed by atoms with van der Waals surface area (Å²) in [6.45, 7) is 3.23. The van der Waals surface area contributed by atoms with Gasteiger partial charge >= 0.3 is 5.97 Å². The highest BCUT2D eigenvalue weighted by Crippen LogP contribution is 2.22. The van der Waals surface area contributed by atoms with Crippen LogP contribution in [0.25, 0.3) is 0 Å². The Bertz CT molecular complexity index is 579. The molecule has 1 saturated heterocycles. The number of esters is 1. The number of halogens is 2. The van der Waals surface area contributed by atoms with E-state index in [1.807, 2.05) is 11.1 Å². The number of nitrogens with zero attached hydrogens (tertiary/aromatic N) is 1. The number of ether oxygens (including phenoxy) is 2. The van der Waals surface area contributed by atoms with E-state index in [4.69, 9.17) is 9.47 Å². The summed E-state index contributed by atoms with van der Waals surface area (Å²) in [4.78, 5) is 15.5. The average Bonchev–Trinajstić information content (AvgIpc) is 3.18. The summed E-state index contributed by atoms with van der Waals surface area (Å²) < 4.78 is 35.3. The summed E-state index contributed by atoms with van der Waals surface area (Å²) in [6.07, 6.45) is 9.03. The van der Waals surface area contributed by atoms with Crippen molar-refractivity contribution < 1.29 is 23.0 Å². The van der Waals surface area contributed by atoms with Crippen LogP contribution < -0.4 is 0 Å². The summed E-state index contributed by atoms with van der Waals surface area (Å²) in [5, 5.41) is 0. The molecule has 0 aliphatic carbocycles. The number of aromatic amines is 1. The number of rotatable bonds is 4. The van der Waals surface area contributed by atoms with E-state index in [1.165, 1.54) is 6.08 Å². The van der Waals surface area contributed by atoms with Gasteiger partial charge in [0.2, 0.25) is 0 Å². The minimum Gasteiger partial charge on any atom is -0.462 e. The highest BCUT2D eigenvalue weighted by Gasteiger charge is 2.23. The number of aromatic nitrogens is 1. The summed E-state index contributed by atoms with van der Waals surface area (Å²) in [7, 11) is 0. The zero-order valence-corrected chi connectivity index (χ0v) is 14.3. The van der Waals surface area contributed by atoms with Gasteiger partial charge < -0.3 is 19.4 Å². The molecule has 1 N–H and O–H groups in total. The molecule has 7 heteroatoms. The van der Waals surface area contributed by atoms with Gasteiger partial charge in [-0.15, -0.1) is 0 Å². The van der Waals surface area contributed by atoms with Crippen LogP contribution in [0, 0.1) is 0 Å². The van der Waals surface area contributed by atoms with E-state index >= 15 is 0 Å². The third-order valence-corrected chi connectivity index (χ3v) is 3.87. The molecule has 0 radical (unpaired) electrons. The Morgan fingerprint density at radius 2 is 2.32 bits per heavy atom. The van der Waals surface area contributed by atoms with Gasteiger partial charge in [0, 0.05) is 37.3 Å². The van der Waals surface area contributed by atoms with Crippen LogP contribution >= 0.6 is 0 Å². The van der Waals surface area contributed by atoms with Crippen LogP contribution in [0.4, 0.5) is 8.78 Å². The molecule has 1 atom stereocenters. The molecule has 5 nitrogen and oxygen atoms in total. The Morgan fingerprint density at radius 3 is 2.92 bits per heavy atom. The fraction of sp³-hybridized carbons (Fsp3) is 0.500. The molecule has 0 spiro atoms. The quantitative estimate of drug-likeness (QED) is 0.837. The molecule has 25 heavy (non-hydrogen) atoms. The van der Waals surface area contributed by atoms with Gasteiger partial charge in [0.25, 0.3) is 6.43 Å². The number of carbonyl (C=O) groups is 1. The van der Waals surface area contributed by atoms with Crippen molar-refractivity contribution in [2.75, 3.05) is 19.8 Å². The molecule has 0 bridgehead atoms. The van der Waals surface area contributed by atoms with Crippen molar-refractivity contribution in [2.45, 2.75) is 38.8 Å². The molecule has 1 aromatic rings. The topological polar surface area (TPSA) is 54.6 Å². The predicted molar refractivity (Wildman–Crippen MR) is 90.3 cm³/mol. The third kappa shape index (κ3) is 6.01. The smallest absolute Gasteiger partial charge is 0.339 e. The van der Waals surface area contributed by atoms with Crippen molar-refractivity contribution in [3.8, 4) is 0 Å². The lowest BCUT2D eigenvalue weighted by Crippen LogP contribution is -2.38. The van der Waals surface area contributed by atoms with Gasteiger partial charge in [-0.2, -0.15) is 0 Å². The Kier molecular flexibility index (Phi) is 7.66. The van der Waals surface area contributed by atoms with Crippen molar-refractivity contribution in [3.63, 3.8) is 0 Å². The summed E-state index contributed by atoms with van der Waals surface area (Å²) in [6, 6.07) is 1.68. The molecule has 3 heterocycles. The van der Waals surface area contributed by atoms with Crippen molar-refractivity contribution in [1.82, 2.24) is 9.88 Å². The number of alkyl halides is 2.